The highest BCUT2D eigenvalue weighted by molar-refractivity contribution is 7.89. The first-order valence-corrected chi connectivity index (χ1v) is 11.5. The molecule has 2 fully saturated rings. The molecule has 29 heavy (non-hydrogen) atoms. The molecule has 1 saturated carbocycles. The minimum absolute atomic E-state index is 0. The van der Waals surface area contributed by atoms with Crippen molar-refractivity contribution in [2.45, 2.75) is 36.6 Å². The molecule has 2 aromatic carbocycles. The standard InChI is InChI=1S/C21H25N3O3S.ClH/c1-23-18-7-8-19(16-3-2-4-17(20(16)18)21(23)25)28(26,27)24-11-9-15(10-12-24)22-13-14-5-6-14;/h2-4,7-8,14-15,22H,5-6,9-13H2,1H3;1H. The van der Waals surface area contributed by atoms with Crippen LogP contribution in [0.2, 0.25) is 0 Å². The topological polar surface area (TPSA) is 69.7 Å². The summed E-state index contributed by atoms with van der Waals surface area (Å²) in [5.74, 6) is 0.744. The highest BCUT2D eigenvalue weighted by Gasteiger charge is 2.34. The van der Waals surface area contributed by atoms with Crippen LogP contribution < -0.4 is 10.2 Å². The van der Waals surface area contributed by atoms with Gasteiger partial charge in [0.1, 0.15) is 0 Å². The molecule has 0 bridgehead atoms. The number of halogens is 1. The third-order valence-corrected chi connectivity index (χ3v) is 8.30. The number of amides is 1. The van der Waals surface area contributed by atoms with Crippen LogP contribution >= 0.6 is 12.4 Å². The van der Waals surface area contributed by atoms with Gasteiger partial charge in [-0.15, -0.1) is 12.4 Å². The van der Waals surface area contributed by atoms with Gasteiger partial charge in [0, 0.05) is 42.5 Å². The molecule has 2 heterocycles. The molecule has 1 saturated heterocycles. The molecule has 1 aliphatic carbocycles. The largest absolute Gasteiger partial charge is 0.314 e. The van der Waals surface area contributed by atoms with Crippen LogP contribution in [-0.4, -0.2) is 51.4 Å². The van der Waals surface area contributed by atoms with E-state index in [4.69, 9.17) is 0 Å². The third-order valence-electron chi connectivity index (χ3n) is 6.34. The minimum Gasteiger partial charge on any atom is -0.314 e. The summed E-state index contributed by atoms with van der Waals surface area (Å²) in [7, 11) is -1.87. The summed E-state index contributed by atoms with van der Waals surface area (Å²) in [6.45, 7) is 2.13. The molecule has 1 N–H and O–H groups in total. The molecule has 0 aromatic heterocycles. The molecule has 6 nitrogen and oxygen atoms in total. The second kappa shape index (κ2) is 7.54. The summed E-state index contributed by atoms with van der Waals surface area (Å²) in [5, 5.41) is 4.98. The lowest BCUT2D eigenvalue weighted by Gasteiger charge is -2.32. The van der Waals surface area contributed by atoms with E-state index >= 15 is 0 Å². The van der Waals surface area contributed by atoms with Crippen molar-refractivity contribution in [2.75, 3.05) is 31.6 Å². The monoisotopic (exact) mass is 435 g/mol. The van der Waals surface area contributed by atoms with E-state index in [1.165, 1.54) is 12.8 Å². The first-order valence-electron chi connectivity index (χ1n) is 10.0. The van der Waals surface area contributed by atoms with Gasteiger partial charge in [-0.3, -0.25) is 4.79 Å². The van der Waals surface area contributed by atoms with Crippen LogP contribution in [0.5, 0.6) is 0 Å². The van der Waals surface area contributed by atoms with Gasteiger partial charge < -0.3 is 10.2 Å². The van der Waals surface area contributed by atoms with E-state index in [0.29, 0.717) is 35.0 Å². The summed E-state index contributed by atoms with van der Waals surface area (Å²) in [6.07, 6.45) is 4.33. The van der Waals surface area contributed by atoms with Crippen molar-refractivity contribution in [3.8, 4) is 0 Å². The molecule has 8 heteroatoms. The van der Waals surface area contributed by atoms with Crippen LogP contribution in [0.3, 0.4) is 0 Å². The van der Waals surface area contributed by atoms with Crippen LogP contribution in [0.4, 0.5) is 5.69 Å². The number of benzene rings is 2. The number of sulfonamides is 1. The Morgan fingerprint density at radius 1 is 1.07 bits per heavy atom. The summed E-state index contributed by atoms with van der Waals surface area (Å²) in [4.78, 5) is 14.3. The van der Waals surface area contributed by atoms with E-state index in [0.717, 1.165) is 36.4 Å². The Hall–Kier alpha value is -1.67. The van der Waals surface area contributed by atoms with Gasteiger partial charge in [0.15, 0.2) is 0 Å². The van der Waals surface area contributed by atoms with E-state index in [9.17, 15) is 13.2 Å². The molecule has 3 aliphatic rings. The highest BCUT2D eigenvalue weighted by atomic mass is 35.5. The zero-order valence-electron chi connectivity index (χ0n) is 16.4. The zero-order chi connectivity index (χ0) is 19.5. The maximum absolute atomic E-state index is 13.4. The van der Waals surface area contributed by atoms with Crippen molar-refractivity contribution in [2.24, 2.45) is 5.92 Å². The van der Waals surface area contributed by atoms with E-state index in [-0.39, 0.29) is 18.3 Å². The van der Waals surface area contributed by atoms with Crippen LogP contribution in [0.1, 0.15) is 36.0 Å². The first-order chi connectivity index (χ1) is 13.5. The van der Waals surface area contributed by atoms with Crippen molar-refractivity contribution < 1.29 is 13.2 Å². The van der Waals surface area contributed by atoms with Crippen LogP contribution in [0.25, 0.3) is 10.8 Å². The maximum atomic E-state index is 13.4. The molecule has 2 aromatic rings. The van der Waals surface area contributed by atoms with Gasteiger partial charge in [-0.2, -0.15) is 4.31 Å². The molecule has 0 radical (unpaired) electrons. The highest BCUT2D eigenvalue weighted by Crippen LogP contribution is 2.40. The van der Waals surface area contributed by atoms with Gasteiger partial charge >= 0.3 is 0 Å². The summed E-state index contributed by atoms with van der Waals surface area (Å²) < 4.78 is 28.4. The van der Waals surface area contributed by atoms with Crippen molar-refractivity contribution in [3.63, 3.8) is 0 Å². The predicted octanol–water partition coefficient (Wildman–Crippen LogP) is 3.00. The van der Waals surface area contributed by atoms with Crippen LogP contribution in [0, 0.1) is 5.92 Å². The van der Waals surface area contributed by atoms with Crippen LogP contribution in [0.15, 0.2) is 35.2 Å². The second-order valence-corrected chi connectivity index (χ2v) is 10.1. The Kier molecular flexibility index (Phi) is 5.36. The fraction of sp³-hybridized carbons (Fsp3) is 0.476. The number of anilines is 1. The Labute approximate surface area is 177 Å². The number of carbonyl (C=O) groups excluding carboxylic acids is 1. The average molecular weight is 436 g/mol. The Morgan fingerprint density at radius 2 is 1.79 bits per heavy atom. The predicted molar refractivity (Wildman–Crippen MR) is 116 cm³/mol. The molecule has 0 unspecified atom stereocenters. The molecule has 0 spiro atoms. The summed E-state index contributed by atoms with van der Waals surface area (Å²) in [5.41, 5.74) is 1.35. The molecule has 156 valence electrons. The van der Waals surface area contributed by atoms with Crippen molar-refractivity contribution >= 4 is 44.8 Å². The molecule has 1 amide bonds. The van der Waals surface area contributed by atoms with Gasteiger partial charge in [-0.05, 0) is 56.3 Å². The number of hydrogen-bond acceptors (Lipinski definition) is 4. The average Bonchev–Trinajstić information content (AvgIpc) is 3.51. The van der Waals surface area contributed by atoms with Crippen molar-refractivity contribution in [3.05, 3.63) is 35.9 Å². The van der Waals surface area contributed by atoms with Gasteiger partial charge in [0.2, 0.25) is 10.0 Å². The Bertz CT molecular complexity index is 1060. The van der Waals surface area contributed by atoms with Crippen molar-refractivity contribution in [1.29, 1.82) is 0 Å². The second-order valence-electron chi connectivity index (χ2n) is 8.21. The number of rotatable bonds is 5. The van der Waals surface area contributed by atoms with E-state index in [1.807, 2.05) is 6.07 Å². The lowest BCUT2D eigenvalue weighted by Crippen LogP contribution is -2.45. The van der Waals surface area contributed by atoms with E-state index in [1.54, 1.807) is 40.5 Å². The van der Waals surface area contributed by atoms with Crippen molar-refractivity contribution in [1.82, 2.24) is 9.62 Å². The van der Waals surface area contributed by atoms with Gasteiger partial charge in [0.05, 0.1) is 10.6 Å². The van der Waals surface area contributed by atoms with Crippen LogP contribution in [-0.2, 0) is 10.0 Å². The van der Waals surface area contributed by atoms with Gasteiger partial charge in [-0.25, -0.2) is 8.42 Å². The lowest BCUT2D eigenvalue weighted by molar-refractivity contribution is 0.0999. The normalized spacial score (nSPS) is 20.3. The molecule has 0 atom stereocenters. The molecular weight excluding hydrogens is 410 g/mol. The summed E-state index contributed by atoms with van der Waals surface area (Å²) in [6, 6.07) is 9.17. The molecule has 5 rings (SSSR count). The number of carbonyl (C=O) groups is 1. The zero-order valence-corrected chi connectivity index (χ0v) is 18.1. The summed E-state index contributed by atoms with van der Waals surface area (Å²) >= 11 is 0. The first kappa shape index (κ1) is 20.6. The smallest absolute Gasteiger partial charge is 0.258 e. The van der Waals surface area contributed by atoms with E-state index < -0.39 is 10.0 Å². The quantitative estimate of drug-likeness (QED) is 0.783. The fourth-order valence-corrected chi connectivity index (χ4v) is 6.09. The van der Waals surface area contributed by atoms with Gasteiger partial charge in [-0.1, -0.05) is 12.1 Å². The number of hydrogen-bond donors (Lipinski definition) is 1. The lowest BCUT2D eigenvalue weighted by atomic mass is 10.1. The number of nitrogens with one attached hydrogen (secondary N) is 1. The number of nitrogens with zero attached hydrogens (tertiary/aromatic N) is 2. The third kappa shape index (κ3) is 3.44. The Morgan fingerprint density at radius 3 is 2.48 bits per heavy atom. The molecule has 2 aliphatic heterocycles. The maximum Gasteiger partial charge on any atom is 0.258 e. The van der Waals surface area contributed by atoms with Gasteiger partial charge in [0.25, 0.3) is 5.91 Å². The fourth-order valence-electron chi connectivity index (χ4n) is 4.43. The Balaban J connectivity index is 0.00000205. The van der Waals surface area contributed by atoms with E-state index in [2.05, 4.69) is 5.32 Å². The number of piperidine rings is 1. The SMILES string of the molecule is CN1C(=O)c2cccc3c(S(=O)(=O)N4CCC(NCC5CC5)CC4)ccc1c23.Cl. The molecular formula is C21H26ClN3O3S. The minimum atomic E-state index is -3.60.